The molecule has 0 saturated carbocycles. The number of nitrogens with zero attached hydrogens (tertiary/aromatic N) is 1. The number of hydrogen-bond acceptors (Lipinski definition) is 5. The number of halogens is 1. The Morgan fingerprint density at radius 1 is 1.16 bits per heavy atom. The number of hydrogen-bond donors (Lipinski definition) is 3. The largest absolute Gasteiger partial charge is 0.508 e. The fourth-order valence-electron chi connectivity index (χ4n) is 3.68. The Morgan fingerprint density at radius 2 is 1.84 bits per heavy atom. The second-order valence-electron chi connectivity index (χ2n) is 8.54. The van der Waals surface area contributed by atoms with Crippen LogP contribution in [0, 0.1) is 5.82 Å². The van der Waals surface area contributed by atoms with Gasteiger partial charge in [-0.25, -0.2) is 9.37 Å². The Balaban J connectivity index is 0.000000521. The number of thiazole rings is 1. The van der Waals surface area contributed by atoms with Crippen LogP contribution in [0.4, 0.5) is 10.1 Å². The first-order valence-corrected chi connectivity index (χ1v) is 13.8. The minimum Gasteiger partial charge on any atom is -0.508 e. The molecule has 1 aromatic heterocycles. The van der Waals surface area contributed by atoms with Crippen LogP contribution in [0.15, 0.2) is 60.0 Å². The van der Waals surface area contributed by atoms with Crippen LogP contribution in [0.1, 0.15) is 74.8 Å². The number of carbonyl (C=O) groups is 1. The molecule has 37 heavy (non-hydrogen) atoms. The quantitative estimate of drug-likeness (QED) is 0.179. The number of rotatable bonds is 10. The van der Waals surface area contributed by atoms with E-state index in [2.05, 4.69) is 29.5 Å². The third kappa shape index (κ3) is 10.1. The highest BCUT2D eigenvalue weighted by atomic mass is 32.1. The maximum absolute atomic E-state index is 13.8. The normalized spacial score (nSPS) is 10.8. The number of carbonyl (C=O) groups excluding carboxylic acids is 1. The van der Waals surface area contributed by atoms with Gasteiger partial charge < -0.3 is 15.7 Å². The SMILES string of the molecule is C/C=C/CNC(C)=S.CCCC(CCC)c1nc(C(=O)Nc2ccc(F)cc2-c2ccc(O)cc2)cs1. The molecular weight excluding hydrogens is 505 g/mol. The summed E-state index contributed by atoms with van der Waals surface area (Å²) in [4.78, 5) is 18.2. The number of allylic oxidation sites excluding steroid dienone is 1. The maximum Gasteiger partial charge on any atom is 0.275 e. The van der Waals surface area contributed by atoms with E-state index in [4.69, 9.17) is 12.2 Å². The van der Waals surface area contributed by atoms with Crippen molar-refractivity contribution in [1.82, 2.24) is 10.3 Å². The van der Waals surface area contributed by atoms with Gasteiger partial charge in [0, 0.05) is 29.1 Å². The van der Waals surface area contributed by atoms with E-state index < -0.39 is 5.82 Å². The highest BCUT2D eigenvalue weighted by molar-refractivity contribution is 7.80. The fraction of sp³-hybridized carbons (Fsp3) is 0.345. The monoisotopic (exact) mass is 541 g/mol. The van der Waals surface area contributed by atoms with Gasteiger partial charge in [-0.15, -0.1) is 11.3 Å². The molecule has 5 nitrogen and oxygen atoms in total. The van der Waals surface area contributed by atoms with Crippen molar-refractivity contribution < 1.29 is 14.3 Å². The van der Waals surface area contributed by atoms with Gasteiger partial charge in [-0.1, -0.05) is 63.2 Å². The lowest BCUT2D eigenvalue weighted by atomic mass is 9.99. The molecule has 0 radical (unpaired) electrons. The van der Waals surface area contributed by atoms with Gasteiger partial charge in [-0.2, -0.15) is 0 Å². The van der Waals surface area contributed by atoms with Gasteiger partial charge >= 0.3 is 0 Å². The van der Waals surface area contributed by atoms with Crippen molar-refractivity contribution >= 4 is 40.1 Å². The molecule has 3 N–H and O–H groups in total. The third-order valence-electron chi connectivity index (χ3n) is 5.49. The van der Waals surface area contributed by atoms with E-state index in [-0.39, 0.29) is 11.7 Å². The maximum atomic E-state index is 13.8. The van der Waals surface area contributed by atoms with Gasteiger partial charge in [0.05, 0.1) is 10.00 Å². The Morgan fingerprint density at radius 3 is 2.43 bits per heavy atom. The lowest BCUT2D eigenvalue weighted by molar-refractivity contribution is 0.102. The molecule has 0 unspecified atom stereocenters. The molecule has 3 aromatic rings. The van der Waals surface area contributed by atoms with Crippen molar-refractivity contribution in [3.63, 3.8) is 0 Å². The summed E-state index contributed by atoms with van der Waals surface area (Å²) in [5, 5.41) is 18.1. The summed E-state index contributed by atoms with van der Waals surface area (Å²) in [6.07, 6.45) is 8.30. The zero-order valence-electron chi connectivity index (χ0n) is 21.9. The number of phenols is 1. The van der Waals surface area contributed by atoms with E-state index in [9.17, 15) is 14.3 Å². The van der Waals surface area contributed by atoms with Gasteiger partial charge in [-0.3, -0.25) is 4.79 Å². The van der Waals surface area contributed by atoms with E-state index in [0.717, 1.165) is 42.2 Å². The molecular formula is C29H36FN3O2S2. The van der Waals surface area contributed by atoms with E-state index in [0.29, 0.717) is 28.4 Å². The van der Waals surface area contributed by atoms with E-state index in [1.54, 1.807) is 23.6 Å². The number of thiocarbonyl (C=S) groups is 1. The Labute approximate surface area is 228 Å². The molecule has 198 valence electrons. The molecule has 0 fully saturated rings. The summed E-state index contributed by atoms with van der Waals surface area (Å²) < 4.78 is 13.8. The molecule has 0 aliphatic rings. The highest BCUT2D eigenvalue weighted by Crippen LogP contribution is 2.32. The second kappa shape index (κ2) is 15.9. The summed E-state index contributed by atoms with van der Waals surface area (Å²) in [7, 11) is 0. The summed E-state index contributed by atoms with van der Waals surface area (Å²) >= 11 is 6.29. The van der Waals surface area contributed by atoms with Crippen molar-refractivity contribution in [1.29, 1.82) is 0 Å². The zero-order chi connectivity index (χ0) is 27.2. The number of phenolic OH excluding ortho intramolecular Hbond substituents is 1. The lowest BCUT2D eigenvalue weighted by Crippen LogP contribution is -2.17. The van der Waals surface area contributed by atoms with E-state index >= 15 is 0 Å². The smallest absolute Gasteiger partial charge is 0.275 e. The first-order valence-electron chi connectivity index (χ1n) is 12.5. The summed E-state index contributed by atoms with van der Waals surface area (Å²) in [6.45, 7) is 9.03. The molecule has 0 bridgehead atoms. The van der Waals surface area contributed by atoms with Crippen LogP contribution in [-0.4, -0.2) is 27.5 Å². The zero-order valence-corrected chi connectivity index (χ0v) is 23.5. The minimum absolute atomic E-state index is 0.124. The average Bonchev–Trinajstić information content (AvgIpc) is 3.36. The lowest BCUT2D eigenvalue weighted by Gasteiger charge is -2.12. The van der Waals surface area contributed by atoms with Crippen molar-refractivity contribution in [3.8, 4) is 16.9 Å². The number of nitrogens with one attached hydrogen (secondary N) is 2. The first-order chi connectivity index (χ1) is 17.8. The first kappa shape index (κ1) is 30.1. The molecule has 0 saturated heterocycles. The van der Waals surface area contributed by atoms with Crippen molar-refractivity contribution in [2.24, 2.45) is 0 Å². The molecule has 0 spiro atoms. The molecule has 2 aromatic carbocycles. The Kier molecular flexibility index (Phi) is 12.9. The van der Waals surface area contributed by atoms with Gasteiger partial charge in [0.25, 0.3) is 5.91 Å². The molecule has 8 heteroatoms. The van der Waals surface area contributed by atoms with Crippen molar-refractivity contribution in [2.45, 2.75) is 59.3 Å². The predicted molar refractivity (Wildman–Crippen MR) is 157 cm³/mol. The summed E-state index contributed by atoms with van der Waals surface area (Å²) in [5.41, 5.74) is 2.12. The molecule has 3 rings (SSSR count). The van der Waals surface area contributed by atoms with Crippen LogP contribution in [0.25, 0.3) is 11.1 Å². The second-order valence-corrected chi connectivity index (χ2v) is 10.0. The minimum atomic E-state index is -0.399. The van der Waals surface area contributed by atoms with Crippen LogP contribution in [-0.2, 0) is 0 Å². The van der Waals surface area contributed by atoms with Gasteiger partial charge in [0.2, 0.25) is 0 Å². The van der Waals surface area contributed by atoms with Gasteiger partial charge in [-0.05, 0) is 62.6 Å². The standard InChI is InChI=1S/C23H25FN2O2S.C6H11NS/c1-3-5-16(6-4-2)23-26-21(14-29-23)22(28)25-20-12-9-17(24)13-19(20)15-7-10-18(27)11-8-15;1-3-4-5-7-6(2)8/h7-14,16,27H,3-6H2,1-2H3,(H,25,28);3-4H,5H2,1-2H3,(H,7,8)/b;4-3+. The predicted octanol–water partition coefficient (Wildman–Crippen LogP) is 8.09. The third-order valence-corrected chi connectivity index (χ3v) is 6.64. The van der Waals surface area contributed by atoms with Crippen LogP contribution in [0.3, 0.4) is 0 Å². The average molecular weight is 542 g/mol. The van der Waals surface area contributed by atoms with Crippen molar-refractivity contribution in [2.75, 3.05) is 11.9 Å². The number of benzene rings is 2. The van der Waals surface area contributed by atoms with E-state index in [1.165, 1.54) is 35.6 Å². The van der Waals surface area contributed by atoms with Crippen LogP contribution < -0.4 is 10.6 Å². The highest BCUT2D eigenvalue weighted by Gasteiger charge is 2.18. The Hall–Kier alpha value is -3.10. The van der Waals surface area contributed by atoms with Crippen LogP contribution in [0.5, 0.6) is 5.75 Å². The van der Waals surface area contributed by atoms with Gasteiger partial charge in [0.1, 0.15) is 17.3 Å². The number of amides is 1. The Bertz CT molecular complexity index is 1170. The fourth-order valence-corrected chi connectivity index (χ4v) is 4.73. The van der Waals surface area contributed by atoms with Crippen LogP contribution >= 0.6 is 23.6 Å². The molecule has 1 heterocycles. The summed E-state index contributed by atoms with van der Waals surface area (Å²) in [5.74, 6) is -0.204. The molecule has 1 amide bonds. The van der Waals surface area contributed by atoms with Crippen molar-refractivity contribution in [3.05, 3.63) is 76.5 Å². The topological polar surface area (TPSA) is 74.2 Å². The number of anilines is 1. The van der Waals surface area contributed by atoms with E-state index in [1.807, 2.05) is 26.0 Å². The molecule has 0 aliphatic carbocycles. The number of aromatic nitrogens is 1. The molecule has 0 aliphatic heterocycles. The van der Waals surface area contributed by atoms with Crippen LogP contribution in [0.2, 0.25) is 0 Å². The summed E-state index contributed by atoms with van der Waals surface area (Å²) in [6, 6.07) is 10.6. The van der Waals surface area contributed by atoms with Gasteiger partial charge in [0.15, 0.2) is 0 Å². The number of aromatic hydroxyl groups is 1. The molecule has 0 atom stereocenters.